The fraction of sp³-hybridized carbons (Fsp3) is 0.667. The highest BCUT2D eigenvalue weighted by Crippen LogP contribution is 2.41. The molecule has 2 rings (SSSR count). The molecule has 0 bridgehead atoms. The van der Waals surface area contributed by atoms with E-state index in [0.29, 0.717) is 11.5 Å². The molecule has 1 aromatic carbocycles. The summed E-state index contributed by atoms with van der Waals surface area (Å²) < 4.78 is 19.5. The minimum absolute atomic E-state index is 0.186. The van der Waals surface area contributed by atoms with Gasteiger partial charge in [0.15, 0.2) is 0 Å². The number of rotatable bonds is 5. The molecule has 0 radical (unpaired) electrons. The van der Waals surface area contributed by atoms with Crippen molar-refractivity contribution in [3.8, 4) is 0 Å². The normalized spacial score (nSPS) is 26.8. The third-order valence-corrected chi connectivity index (χ3v) is 5.18. The Hall–Kier alpha value is -0.930. The molecule has 1 saturated carbocycles. The molecule has 0 aromatic heterocycles. The first kappa shape index (κ1) is 16.4. The highest BCUT2D eigenvalue weighted by atomic mass is 19.1. The lowest BCUT2D eigenvalue weighted by Crippen LogP contribution is -2.40. The third-order valence-electron chi connectivity index (χ3n) is 5.18. The van der Waals surface area contributed by atoms with E-state index in [1.54, 1.807) is 12.1 Å². The molecule has 1 fully saturated rings. The van der Waals surface area contributed by atoms with Gasteiger partial charge in [0.1, 0.15) is 5.82 Å². The maximum Gasteiger partial charge on any atom is 0.128 e. The second-order valence-electron chi connectivity index (χ2n) is 6.86. The van der Waals surface area contributed by atoms with E-state index in [9.17, 15) is 9.50 Å². The van der Waals surface area contributed by atoms with Crippen molar-refractivity contribution in [3.05, 3.63) is 35.6 Å². The number of hydrogen-bond acceptors (Lipinski definition) is 2. The van der Waals surface area contributed by atoms with Crippen LogP contribution in [0.15, 0.2) is 24.3 Å². The molecular weight excluding hydrogens is 267 g/mol. The van der Waals surface area contributed by atoms with Crippen molar-refractivity contribution in [1.29, 1.82) is 0 Å². The standard InChI is InChI=1S/C18H27FO2/c1-4-18(2,3)14-9-10-16(20)17(11-14)21-12-13-7-5-6-8-15(13)19/h5-8,14,16-17,20H,4,9-12H2,1-3H3. The molecule has 118 valence electrons. The van der Waals surface area contributed by atoms with Gasteiger partial charge in [-0.05, 0) is 36.7 Å². The van der Waals surface area contributed by atoms with Gasteiger partial charge in [-0.3, -0.25) is 0 Å². The van der Waals surface area contributed by atoms with E-state index in [2.05, 4.69) is 20.8 Å². The topological polar surface area (TPSA) is 29.5 Å². The van der Waals surface area contributed by atoms with E-state index < -0.39 is 6.10 Å². The lowest BCUT2D eigenvalue weighted by Gasteiger charge is -2.41. The van der Waals surface area contributed by atoms with Crippen molar-refractivity contribution in [3.63, 3.8) is 0 Å². The molecule has 1 aromatic rings. The van der Waals surface area contributed by atoms with Gasteiger partial charge in [0.05, 0.1) is 18.8 Å². The summed E-state index contributed by atoms with van der Waals surface area (Å²) in [6, 6.07) is 6.66. The van der Waals surface area contributed by atoms with Crippen LogP contribution >= 0.6 is 0 Å². The molecular formula is C18H27FO2. The molecule has 21 heavy (non-hydrogen) atoms. The molecule has 0 heterocycles. The van der Waals surface area contributed by atoms with Crippen LogP contribution in [0.4, 0.5) is 4.39 Å². The molecule has 3 atom stereocenters. The lowest BCUT2D eigenvalue weighted by molar-refractivity contribution is -0.0927. The Morgan fingerprint density at radius 3 is 2.67 bits per heavy atom. The van der Waals surface area contributed by atoms with Gasteiger partial charge in [-0.1, -0.05) is 45.4 Å². The zero-order valence-electron chi connectivity index (χ0n) is 13.3. The van der Waals surface area contributed by atoms with Crippen LogP contribution < -0.4 is 0 Å². The number of aliphatic hydroxyl groups is 1. The zero-order valence-corrected chi connectivity index (χ0v) is 13.3. The smallest absolute Gasteiger partial charge is 0.128 e. The summed E-state index contributed by atoms with van der Waals surface area (Å²) in [6.45, 7) is 7.00. The predicted octanol–water partition coefficient (Wildman–Crippen LogP) is 4.31. The molecule has 0 aliphatic heterocycles. The van der Waals surface area contributed by atoms with Crippen molar-refractivity contribution in [2.75, 3.05) is 0 Å². The Balaban J connectivity index is 1.96. The minimum atomic E-state index is -0.430. The number of halogens is 1. The molecule has 3 unspecified atom stereocenters. The summed E-state index contributed by atoms with van der Waals surface area (Å²) in [6.07, 6.45) is 3.18. The monoisotopic (exact) mass is 294 g/mol. The van der Waals surface area contributed by atoms with Gasteiger partial charge in [-0.25, -0.2) is 4.39 Å². The van der Waals surface area contributed by atoms with E-state index >= 15 is 0 Å². The van der Waals surface area contributed by atoms with Crippen LogP contribution in [-0.4, -0.2) is 17.3 Å². The maximum absolute atomic E-state index is 13.6. The van der Waals surface area contributed by atoms with E-state index in [0.717, 1.165) is 25.7 Å². The Bertz CT molecular complexity index is 458. The van der Waals surface area contributed by atoms with Gasteiger partial charge in [0.2, 0.25) is 0 Å². The summed E-state index contributed by atoms with van der Waals surface area (Å²) in [4.78, 5) is 0. The SMILES string of the molecule is CCC(C)(C)C1CCC(O)C(OCc2ccccc2F)C1. The highest BCUT2D eigenvalue weighted by molar-refractivity contribution is 5.16. The summed E-state index contributed by atoms with van der Waals surface area (Å²) in [7, 11) is 0. The van der Waals surface area contributed by atoms with Gasteiger partial charge in [-0.2, -0.15) is 0 Å². The summed E-state index contributed by atoms with van der Waals surface area (Å²) >= 11 is 0. The van der Waals surface area contributed by atoms with Crippen LogP contribution in [0.25, 0.3) is 0 Å². The fourth-order valence-corrected chi connectivity index (χ4v) is 3.10. The Morgan fingerprint density at radius 1 is 1.29 bits per heavy atom. The third kappa shape index (κ3) is 4.04. The quantitative estimate of drug-likeness (QED) is 0.877. The van der Waals surface area contributed by atoms with Crippen molar-refractivity contribution in [2.45, 2.75) is 65.3 Å². The van der Waals surface area contributed by atoms with Gasteiger partial charge < -0.3 is 9.84 Å². The minimum Gasteiger partial charge on any atom is -0.390 e. The number of hydrogen-bond donors (Lipinski definition) is 1. The van der Waals surface area contributed by atoms with Gasteiger partial charge in [0, 0.05) is 5.56 Å². The van der Waals surface area contributed by atoms with Crippen LogP contribution in [0, 0.1) is 17.2 Å². The van der Waals surface area contributed by atoms with Gasteiger partial charge in [0.25, 0.3) is 0 Å². The molecule has 0 spiro atoms. The second-order valence-corrected chi connectivity index (χ2v) is 6.86. The first-order valence-corrected chi connectivity index (χ1v) is 7.97. The summed E-state index contributed by atoms with van der Waals surface area (Å²) in [5.74, 6) is 0.310. The van der Waals surface area contributed by atoms with Gasteiger partial charge >= 0.3 is 0 Å². The Morgan fingerprint density at radius 2 is 2.00 bits per heavy atom. The van der Waals surface area contributed by atoms with Crippen molar-refractivity contribution in [2.24, 2.45) is 11.3 Å². The molecule has 1 N–H and O–H groups in total. The summed E-state index contributed by atoms with van der Waals surface area (Å²) in [5, 5.41) is 10.2. The van der Waals surface area contributed by atoms with Crippen molar-refractivity contribution >= 4 is 0 Å². The van der Waals surface area contributed by atoms with Crippen LogP contribution in [-0.2, 0) is 11.3 Å². The Kier molecular flexibility index (Phi) is 5.39. The van der Waals surface area contributed by atoms with E-state index in [-0.39, 0.29) is 23.9 Å². The average molecular weight is 294 g/mol. The molecule has 1 aliphatic rings. The van der Waals surface area contributed by atoms with Gasteiger partial charge in [-0.15, -0.1) is 0 Å². The largest absolute Gasteiger partial charge is 0.390 e. The molecule has 1 aliphatic carbocycles. The maximum atomic E-state index is 13.6. The molecule has 3 heteroatoms. The van der Waals surface area contributed by atoms with E-state index in [1.165, 1.54) is 6.07 Å². The predicted molar refractivity (Wildman–Crippen MR) is 82.4 cm³/mol. The van der Waals surface area contributed by atoms with E-state index in [1.807, 2.05) is 6.07 Å². The lowest BCUT2D eigenvalue weighted by atomic mass is 9.68. The van der Waals surface area contributed by atoms with E-state index in [4.69, 9.17) is 4.74 Å². The number of aliphatic hydroxyl groups excluding tert-OH is 1. The first-order valence-electron chi connectivity index (χ1n) is 7.97. The molecule has 0 saturated heterocycles. The highest BCUT2D eigenvalue weighted by Gasteiger charge is 2.37. The number of benzene rings is 1. The number of ether oxygens (including phenoxy) is 1. The second kappa shape index (κ2) is 6.89. The average Bonchev–Trinajstić information content (AvgIpc) is 2.47. The van der Waals surface area contributed by atoms with Crippen molar-refractivity contribution in [1.82, 2.24) is 0 Å². The van der Waals surface area contributed by atoms with Crippen LogP contribution in [0.2, 0.25) is 0 Å². The first-order chi connectivity index (χ1) is 9.94. The van der Waals surface area contributed by atoms with Crippen molar-refractivity contribution < 1.29 is 14.2 Å². The summed E-state index contributed by atoms with van der Waals surface area (Å²) in [5.41, 5.74) is 0.821. The Labute approximate surface area is 127 Å². The zero-order chi connectivity index (χ0) is 15.5. The fourth-order valence-electron chi connectivity index (χ4n) is 3.10. The van der Waals surface area contributed by atoms with Crippen LogP contribution in [0.5, 0.6) is 0 Å². The molecule has 2 nitrogen and oxygen atoms in total. The van der Waals surface area contributed by atoms with Crippen LogP contribution in [0.1, 0.15) is 52.0 Å². The van der Waals surface area contributed by atoms with Crippen LogP contribution in [0.3, 0.4) is 0 Å². The molecule has 0 amide bonds.